The van der Waals surface area contributed by atoms with Gasteiger partial charge in [-0.15, -0.1) is 0 Å². The summed E-state index contributed by atoms with van der Waals surface area (Å²) in [6.45, 7) is 12.6. The number of methoxy groups -OCH3 is 1. The van der Waals surface area contributed by atoms with Crippen LogP contribution in [0.5, 0.6) is 0 Å². The van der Waals surface area contributed by atoms with Crippen LogP contribution < -0.4 is 14.9 Å². The van der Waals surface area contributed by atoms with Crippen LogP contribution in [0.15, 0.2) is 17.0 Å². The summed E-state index contributed by atoms with van der Waals surface area (Å²) in [5.41, 5.74) is 0.400. The van der Waals surface area contributed by atoms with E-state index >= 15 is 0 Å². The summed E-state index contributed by atoms with van der Waals surface area (Å²) < 4.78 is 38.5. The van der Waals surface area contributed by atoms with E-state index in [1.54, 1.807) is 7.11 Å². The zero-order chi connectivity index (χ0) is 29.1. The topological polar surface area (TPSA) is 103 Å². The van der Waals surface area contributed by atoms with Crippen molar-refractivity contribution in [3.05, 3.63) is 22.5 Å². The Morgan fingerprint density at radius 3 is 2.48 bits per heavy atom. The Balaban J connectivity index is 0.000000886. The maximum absolute atomic E-state index is 13.4. The van der Waals surface area contributed by atoms with Gasteiger partial charge >= 0.3 is 218 Å². The SMILES string of the molecule is CC.CC.COC1(c2nc(-c3nnc(C(F)F)[se]3)c3cc(SNC4(C#N)CC4)cc(N4CCN[C@@H](C)C4)n23)CC1. The van der Waals surface area contributed by atoms with Crippen molar-refractivity contribution in [1.29, 1.82) is 5.26 Å². The van der Waals surface area contributed by atoms with Crippen LogP contribution in [0.1, 0.15) is 77.1 Å². The Hall–Kier alpha value is -2.07. The predicted octanol–water partition coefficient (Wildman–Crippen LogP) is 4.92. The zero-order valence-corrected chi connectivity index (χ0v) is 26.5. The molecule has 3 fully saturated rings. The number of pyridine rings is 1. The van der Waals surface area contributed by atoms with Crippen molar-refractivity contribution in [2.75, 3.05) is 31.6 Å². The molecule has 1 atom stereocenters. The van der Waals surface area contributed by atoms with Gasteiger partial charge in [0.2, 0.25) is 0 Å². The molecule has 3 aromatic rings. The number of imidazole rings is 1. The van der Waals surface area contributed by atoms with Gasteiger partial charge in [0.25, 0.3) is 0 Å². The number of alkyl halides is 2. The molecule has 2 aliphatic carbocycles. The molecule has 1 saturated heterocycles. The van der Waals surface area contributed by atoms with Gasteiger partial charge in [0.05, 0.1) is 0 Å². The Morgan fingerprint density at radius 2 is 1.93 bits per heavy atom. The quantitative estimate of drug-likeness (QED) is 0.263. The van der Waals surface area contributed by atoms with E-state index in [1.807, 2.05) is 33.8 Å². The molecule has 218 valence electrons. The first-order valence-corrected chi connectivity index (χ1v) is 16.5. The first kappa shape index (κ1) is 30.9. The molecular formula is C27H38F2N8OSSe. The summed E-state index contributed by atoms with van der Waals surface area (Å²) >= 11 is 0.732. The van der Waals surface area contributed by atoms with Gasteiger partial charge in [-0.05, 0) is 0 Å². The van der Waals surface area contributed by atoms with Crippen molar-refractivity contribution in [3.63, 3.8) is 0 Å². The number of halogens is 2. The van der Waals surface area contributed by atoms with Crippen molar-refractivity contribution < 1.29 is 13.5 Å². The second-order valence-electron chi connectivity index (χ2n) is 9.70. The van der Waals surface area contributed by atoms with Gasteiger partial charge < -0.3 is 0 Å². The Labute approximate surface area is 245 Å². The Bertz CT molecular complexity index is 1350. The molecule has 0 aromatic carbocycles. The molecule has 0 amide bonds. The number of piperazine rings is 1. The van der Waals surface area contributed by atoms with E-state index in [4.69, 9.17) is 9.72 Å². The average Bonchev–Trinajstić information content (AvgIpc) is 3.87. The minimum atomic E-state index is -2.62. The molecule has 0 unspecified atom stereocenters. The van der Waals surface area contributed by atoms with E-state index in [-0.39, 0.29) is 4.57 Å². The fraction of sp³-hybridized carbons (Fsp3) is 0.630. The molecule has 0 spiro atoms. The molecular weight excluding hydrogens is 601 g/mol. The van der Waals surface area contributed by atoms with Gasteiger partial charge in [0, 0.05) is 0 Å². The monoisotopic (exact) mass is 640 g/mol. The molecule has 0 bridgehead atoms. The number of ether oxygens (including phenoxy) is 1. The average molecular weight is 640 g/mol. The standard InChI is InChI=1S/C23H26F2N8OSSe.2C2H6/c1-13-11-32(8-7-27-13)16-10-14(35-31-22(12-26)3-4-22)9-15-17(19-29-30-20(36-19)18(24)25)28-21(33(15)16)23(34-2)5-6-23;2*1-2/h9-10,13,18,27,31H,3-8,11H2,1-2H3;2*1-2H3/t13-;;/m0../s1. The van der Waals surface area contributed by atoms with Gasteiger partial charge in [0.15, 0.2) is 0 Å². The van der Waals surface area contributed by atoms with Crippen LogP contribution >= 0.6 is 11.9 Å². The molecule has 3 aliphatic rings. The second-order valence-corrected chi connectivity index (χ2v) is 12.7. The van der Waals surface area contributed by atoms with Crippen LogP contribution in [-0.2, 0) is 10.3 Å². The van der Waals surface area contributed by atoms with Crippen molar-refractivity contribution >= 4 is 37.8 Å². The van der Waals surface area contributed by atoms with Gasteiger partial charge in [-0.1, -0.05) is 27.7 Å². The second kappa shape index (κ2) is 12.8. The van der Waals surface area contributed by atoms with Crippen LogP contribution in [0.2, 0.25) is 0 Å². The van der Waals surface area contributed by atoms with Crippen molar-refractivity contribution in [3.8, 4) is 16.3 Å². The molecule has 9 nitrogen and oxygen atoms in total. The summed E-state index contributed by atoms with van der Waals surface area (Å²) in [7, 11) is 1.69. The molecule has 40 heavy (non-hydrogen) atoms. The van der Waals surface area contributed by atoms with Crippen LogP contribution in [0.3, 0.4) is 0 Å². The van der Waals surface area contributed by atoms with E-state index < -0.39 is 32.1 Å². The van der Waals surface area contributed by atoms with E-state index in [2.05, 4.69) is 48.6 Å². The first-order chi connectivity index (χ1) is 19.4. The molecule has 2 saturated carbocycles. The molecule has 4 heterocycles. The van der Waals surface area contributed by atoms with Crippen LogP contribution in [0.4, 0.5) is 14.6 Å². The maximum atomic E-state index is 13.4. The van der Waals surface area contributed by atoms with Crippen LogP contribution in [-0.4, -0.2) is 72.4 Å². The number of nitrogens with one attached hydrogen (secondary N) is 2. The van der Waals surface area contributed by atoms with E-state index in [0.717, 1.165) is 67.4 Å². The van der Waals surface area contributed by atoms with E-state index in [9.17, 15) is 14.0 Å². The van der Waals surface area contributed by atoms with Crippen molar-refractivity contribution in [2.45, 2.75) is 88.8 Å². The number of hydrogen-bond acceptors (Lipinski definition) is 9. The summed E-state index contributed by atoms with van der Waals surface area (Å²) in [5, 5.41) is 20.9. The fourth-order valence-electron chi connectivity index (χ4n) is 4.63. The molecule has 13 heteroatoms. The number of aromatic nitrogens is 4. The third-order valence-electron chi connectivity index (χ3n) is 7.05. The molecule has 6 rings (SSSR count). The third-order valence-corrected chi connectivity index (χ3v) is 9.98. The predicted molar refractivity (Wildman–Crippen MR) is 155 cm³/mol. The third kappa shape index (κ3) is 6.08. The van der Waals surface area contributed by atoms with Crippen molar-refractivity contribution in [2.24, 2.45) is 0 Å². The first-order valence-electron chi connectivity index (χ1n) is 13.9. The normalized spacial score (nSPS) is 20.3. The van der Waals surface area contributed by atoms with Crippen LogP contribution in [0.25, 0.3) is 15.8 Å². The summed E-state index contributed by atoms with van der Waals surface area (Å²) in [5.74, 6) is 1.76. The Morgan fingerprint density at radius 1 is 1.20 bits per heavy atom. The van der Waals surface area contributed by atoms with Gasteiger partial charge in [-0.2, -0.15) is 0 Å². The summed E-state index contributed by atoms with van der Waals surface area (Å²) in [6, 6.07) is 6.81. The van der Waals surface area contributed by atoms with Gasteiger partial charge in [-0.25, -0.2) is 0 Å². The number of nitriles is 1. The Kier molecular flexibility index (Phi) is 9.91. The minimum absolute atomic E-state index is 0.180. The van der Waals surface area contributed by atoms with E-state index in [1.165, 1.54) is 11.9 Å². The number of rotatable bonds is 8. The molecule has 1 aliphatic heterocycles. The molecule has 2 N–H and O–H groups in total. The van der Waals surface area contributed by atoms with Crippen molar-refractivity contribution in [1.82, 2.24) is 29.6 Å². The number of fused-ring (bicyclic) bond motifs is 1. The molecule has 3 aromatic heterocycles. The summed E-state index contributed by atoms with van der Waals surface area (Å²) in [4.78, 5) is 8.27. The van der Waals surface area contributed by atoms with E-state index in [0.29, 0.717) is 16.3 Å². The fourth-order valence-corrected chi connectivity index (χ4v) is 6.99. The molecule has 0 radical (unpaired) electrons. The van der Waals surface area contributed by atoms with Gasteiger partial charge in [0.1, 0.15) is 0 Å². The van der Waals surface area contributed by atoms with Gasteiger partial charge in [-0.3, -0.25) is 0 Å². The zero-order valence-electron chi connectivity index (χ0n) is 23.9. The summed E-state index contributed by atoms with van der Waals surface area (Å²) in [6.07, 6.45) is 0.720. The number of hydrogen-bond donors (Lipinski definition) is 2. The van der Waals surface area contributed by atoms with Crippen LogP contribution in [0, 0.1) is 11.3 Å². The number of anilines is 1. The number of nitrogens with zero attached hydrogens (tertiary/aromatic N) is 6.